The van der Waals surface area contributed by atoms with Crippen LogP contribution >= 0.6 is 0 Å². The number of halogens is 3. The van der Waals surface area contributed by atoms with Crippen LogP contribution in [-0.2, 0) is 6.61 Å². The van der Waals surface area contributed by atoms with E-state index in [-0.39, 0.29) is 18.8 Å². The molecule has 1 aliphatic heterocycles. The van der Waals surface area contributed by atoms with E-state index in [1.807, 2.05) is 0 Å². The van der Waals surface area contributed by atoms with E-state index in [0.29, 0.717) is 35.2 Å². The first-order valence-corrected chi connectivity index (χ1v) is 10.2. The zero-order chi connectivity index (χ0) is 23.0. The number of alkyl halides is 3. The van der Waals surface area contributed by atoms with Crippen LogP contribution in [0.5, 0.6) is 0 Å². The highest BCUT2D eigenvalue weighted by atomic mass is 19.3. The molecule has 0 unspecified atom stereocenters. The highest BCUT2D eigenvalue weighted by Crippen LogP contribution is 2.33. The second-order valence-electron chi connectivity index (χ2n) is 7.93. The quantitative estimate of drug-likeness (QED) is 0.524. The molecule has 3 atom stereocenters. The van der Waals surface area contributed by atoms with Gasteiger partial charge >= 0.3 is 0 Å². The average Bonchev–Trinajstić information content (AvgIpc) is 3.12. The van der Waals surface area contributed by atoms with Crippen molar-refractivity contribution in [1.29, 1.82) is 0 Å². The summed E-state index contributed by atoms with van der Waals surface area (Å²) in [6.07, 6.45) is 0.839. The molecule has 1 saturated heterocycles. The van der Waals surface area contributed by atoms with Gasteiger partial charge in [-0.3, -0.25) is 0 Å². The number of piperidine rings is 1. The van der Waals surface area contributed by atoms with Gasteiger partial charge in [0.25, 0.3) is 5.92 Å². The number of hydrogen-bond donors (Lipinski definition) is 3. The van der Waals surface area contributed by atoms with Crippen molar-refractivity contribution >= 4 is 28.6 Å². The van der Waals surface area contributed by atoms with Crippen LogP contribution in [0.2, 0.25) is 0 Å². The number of nitrogens with zero attached hydrogens (tertiary/aromatic N) is 6. The van der Waals surface area contributed by atoms with E-state index in [1.54, 1.807) is 17.0 Å². The lowest BCUT2D eigenvalue weighted by atomic mass is 10.1. The van der Waals surface area contributed by atoms with Crippen LogP contribution < -0.4 is 10.2 Å². The topological polar surface area (TPSA) is 112 Å². The molecule has 0 radical (unpaired) electrons. The summed E-state index contributed by atoms with van der Waals surface area (Å²) in [7, 11) is 0. The Bertz CT molecular complexity index is 1100. The van der Waals surface area contributed by atoms with Gasteiger partial charge in [-0.05, 0) is 19.4 Å². The molecule has 0 saturated carbocycles. The van der Waals surface area contributed by atoms with Crippen LogP contribution in [0.3, 0.4) is 0 Å². The molecule has 0 aliphatic carbocycles. The van der Waals surface area contributed by atoms with Crippen LogP contribution in [-0.4, -0.2) is 66.0 Å². The predicted molar refractivity (Wildman–Crippen MR) is 112 cm³/mol. The molecule has 172 valence electrons. The van der Waals surface area contributed by atoms with E-state index in [4.69, 9.17) is 0 Å². The van der Waals surface area contributed by atoms with Gasteiger partial charge in [0, 0.05) is 25.7 Å². The van der Waals surface area contributed by atoms with E-state index in [9.17, 15) is 23.4 Å². The Morgan fingerprint density at radius 2 is 2.06 bits per heavy atom. The van der Waals surface area contributed by atoms with Gasteiger partial charge in [-0.1, -0.05) is 0 Å². The van der Waals surface area contributed by atoms with Crippen LogP contribution in [0, 0.1) is 0 Å². The lowest BCUT2D eigenvalue weighted by molar-refractivity contribution is -0.0263. The number of aromatic nitrogens is 5. The summed E-state index contributed by atoms with van der Waals surface area (Å²) in [6.45, 7) is 2.09. The van der Waals surface area contributed by atoms with E-state index < -0.39 is 30.8 Å². The summed E-state index contributed by atoms with van der Waals surface area (Å²) in [5.74, 6) is -1.91. The molecule has 3 aromatic heterocycles. The summed E-state index contributed by atoms with van der Waals surface area (Å²) in [6, 6.07) is 1.92. The number of imidazole rings is 1. The molecular formula is C20H24F3N7O2. The van der Waals surface area contributed by atoms with E-state index in [1.165, 1.54) is 23.9 Å². The number of hydrogen-bond acceptors (Lipinski definition) is 8. The van der Waals surface area contributed by atoms with Gasteiger partial charge in [-0.15, -0.1) is 0 Å². The molecule has 12 heteroatoms. The Morgan fingerprint density at radius 3 is 2.75 bits per heavy atom. The smallest absolute Gasteiger partial charge is 0.265 e. The maximum atomic E-state index is 14.0. The number of fused-ring (bicyclic) bond motifs is 1. The molecule has 4 rings (SSSR count). The van der Waals surface area contributed by atoms with Crippen LogP contribution in [0.25, 0.3) is 11.0 Å². The van der Waals surface area contributed by atoms with Crippen molar-refractivity contribution in [2.24, 2.45) is 0 Å². The van der Waals surface area contributed by atoms with Crippen molar-refractivity contribution in [1.82, 2.24) is 24.5 Å². The fourth-order valence-electron chi connectivity index (χ4n) is 3.66. The lowest BCUT2D eigenvalue weighted by Crippen LogP contribution is -2.45. The fourth-order valence-corrected chi connectivity index (χ4v) is 3.66. The number of rotatable bonds is 6. The monoisotopic (exact) mass is 451 g/mol. The van der Waals surface area contributed by atoms with Crippen molar-refractivity contribution in [2.75, 3.05) is 23.3 Å². The van der Waals surface area contributed by atoms with E-state index in [0.717, 1.165) is 6.92 Å². The van der Waals surface area contributed by atoms with Gasteiger partial charge in [0.2, 0.25) is 5.95 Å². The maximum Gasteiger partial charge on any atom is 0.265 e. The number of nitrogens with one attached hydrogen (secondary N) is 1. The maximum absolute atomic E-state index is 14.0. The lowest BCUT2D eigenvalue weighted by Gasteiger charge is -2.32. The number of pyridine rings is 1. The van der Waals surface area contributed by atoms with Crippen molar-refractivity contribution in [2.45, 2.75) is 51.1 Å². The van der Waals surface area contributed by atoms with Gasteiger partial charge in [0.15, 0.2) is 0 Å². The molecule has 0 amide bonds. The van der Waals surface area contributed by atoms with Gasteiger partial charge in [0.05, 0.1) is 30.4 Å². The molecule has 1 aliphatic rings. The SMILES string of the molecule is C[C@H](n1c(CO)nc2cnc(Nc3ccnc(N4CC[C@@H](O)[C@@H](F)C4)n3)cc21)C(C)(F)F. The number of aliphatic hydroxyl groups excluding tert-OH is 2. The van der Waals surface area contributed by atoms with Crippen molar-refractivity contribution < 1.29 is 23.4 Å². The van der Waals surface area contributed by atoms with Crippen LogP contribution in [0.15, 0.2) is 24.5 Å². The molecule has 9 nitrogen and oxygen atoms in total. The Labute approximate surface area is 182 Å². The standard InChI is InChI=1S/C20H24F3N7O2/c1-11(20(2,22)23)30-14-7-17(25-8-13(14)26-18(30)10-31)27-16-3-5-24-19(28-16)29-6-4-15(32)12(21)9-29/h3,5,7-8,11-12,15,31-32H,4,6,9-10H2,1-2H3,(H,24,25,27,28)/t11-,12-,15+/m0/s1. The molecule has 4 heterocycles. The second kappa shape index (κ2) is 8.51. The molecule has 3 N–H and O–H groups in total. The Kier molecular flexibility index (Phi) is 5.91. The molecule has 32 heavy (non-hydrogen) atoms. The highest BCUT2D eigenvalue weighted by molar-refractivity contribution is 5.79. The minimum absolute atomic E-state index is 0.0128. The predicted octanol–water partition coefficient (Wildman–Crippen LogP) is 2.58. The Morgan fingerprint density at radius 1 is 1.28 bits per heavy atom. The van der Waals surface area contributed by atoms with Gasteiger partial charge in [-0.25, -0.2) is 28.1 Å². The summed E-state index contributed by atoms with van der Waals surface area (Å²) >= 11 is 0. The molecule has 3 aromatic rings. The molecule has 0 spiro atoms. The third-order valence-corrected chi connectivity index (χ3v) is 5.60. The Hall–Kier alpha value is -2.99. The zero-order valence-electron chi connectivity index (χ0n) is 17.6. The summed E-state index contributed by atoms with van der Waals surface area (Å²) in [4.78, 5) is 18.7. The molecule has 1 fully saturated rings. The minimum Gasteiger partial charge on any atom is -0.390 e. The third-order valence-electron chi connectivity index (χ3n) is 5.60. The van der Waals surface area contributed by atoms with E-state index in [2.05, 4.69) is 25.3 Å². The minimum atomic E-state index is -3.04. The molecule has 0 bridgehead atoms. The van der Waals surface area contributed by atoms with Crippen LogP contribution in [0.4, 0.5) is 30.8 Å². The van der Waals surface area contributed by atoms with Crippen molar-refractivity contribution in [3.63, 3.8) is 0 Å². The first kappa shape index (κ1) is 22.2. The van der Waals surface area contributed by atoms with Gasteiger partial charge in [0.1, 0.15) is 35.8 Å². The summed E-state index contributed by atoms with van der Waals surface area (Å²) in [5.41, 5.74) is 0.764. The average molecular weight is 451 g/mol. The number of anilines is 3. The first-order valence-electron chi connectivity index (χ1n) is 10.2. The number of aliphatic hydroxyl groups is 2. The largest absolute Gasteiger partial charge is 0.390 e. The van der Waals surface area contributed by atoms with Gasteiger partial charge < -0.3 is 25.0 Å². The third kappa shape index (κ3) is 4.32. The van der Waals surface area contributed by atoms with Crippen molar-refractivity contribution in [3.8, 4) is 0 Å². The second-order valence-corrected chi connectivity index (χ2v) is 7.93. The summed E-state index contributed by atoms with van der Waals surface area (Å²) in [5, 5.41) is 22.2. The zero-order valence-corrected chi connectivity index (χ0v) is 17.6. The first-order chi connectivity index (χ1) is 15.2. The summed E-state index contributed by atoms with van der Waals surface area (Å²) < 4.78 is 43.2. The normalized spacial score (nSPS) is 20.5. The Balaban J connectivity index is 1.63. The van der Waals surface area contributed by atoms with E-state index >= 15 is 0 Å². The van der Waals surface area contributed by atoms with Crippen LogP contribution in [0.1, 0.15) is 32.1 Å². The van der Waals surface area contributed by atoms with Crippen molar-refractivity contribution in [3.05, 3.63) is 30.4 Å². The van der Waals surface area contributed by atoms with Gasteiger partial charge in [-0.2, -0.15) is 4.98 Å². The molecular weight excluding hydrogens is 427 g/mol. The molecule has 0 aromatic carbocycles. The fraction of sp³-hybridized carbons (Fsp3) is 0.500. The highest BCUT2D eigenvalue weighted by Gasteiger charge is 2.34.